The van der Waals surface area contributed by atoms with Gasteiger partial charge in [0.2, 0.25) is 5.91 Å². The Morgan fingerprint density at radius 2 is 1.85 bits per heavy atom. The molecule has 1 aromatic carbocycles. The van der Waals surface area contributed by atoms with Crippen molar-refractivity contribution in [3.05, 3.63) is 35.4 Å². The molecule has 0 unspecified atom stereocenters. The summed E-state index contributed by atoms with van der Waals surface area (Å²) < 4.78 is 0. The Morgan fingerprint density at radius 1 is 1.20 bits per heavy atom. The third kappa shape index (κ3) is 4.80. The summed E-state index contributed by atoms with van der Waals surface area (Å²) in [7, 11) is 0. The molecule has 1 rings (SSSR count). The van der Waals surface area contributed by atoms with Crippen molar-refractivity contribution in [3.8, 4) is 0 Å². The van der Waals surface area contributed by atoms with Gasteiger partial charge in [0.15, 0.2) is 0 Å². The minimum absolute atomic E-state index is 0.0456. The molecule has 0 saturated carbocycles. The number of aryl methyl sites for hydroxylation is 1. The number of amides is 1. The van der Waals surface area contributed by atoms with E-state index in [1.807, 2.05) is 50.8 Å². The van der Waals surface area contributed by atoms with Gasteiger partial charge in [-0.05, 0) is 33.3 Å². The van der Waals surface area contributed by atoms with Crippen LogP contribution in [0.1, 0.15) is 45.2 Å². The van der Waals surface area contributed by atoms with Gasteiger partial charge in [0.25, 0.3) is 0 Å². The maximum atomic E-state index is 12.4. The summed E-state index contributed by atoms with van der Waals surface area (Å²) in [6, 6.07) is 8.30. The molecule has 1 amide bonds. The maximum Gasteiger partial charge on any atom is 0.223 e. The van der Waals surface area contributed by atoms with Crippen LogP contribution >= 0.6 is 0 Å². The first-order valence-electron chi connectivity index (χ1n) is 7.16. The number of Topliss-reactive ketones (excluding diaryl/α,β-unsaturated/α-hetero) is 1. The van der Waals surface area contributed by atoms with E-state index in [9.17, 15) is 9.59 Å². The quantitative estimate of drug-likeness (QED) is 0.798. The van der Waals surface area contributed by atoms with Crippen LogP contribution in [0.5, 0.6) is 0 Å². The summed E-state index contributed by atoms with van der Waals surface area (Å²) in [6.07, 6.45) is 0.291. The summed E-state index contributed by atoms with van der Waals surface area (Å²) in [5.41, 5.74) is 2.32. The molecule has 0 fully saturated rings. The number of ketones is 1. The molecular weight excluding hydrogens is 250 g/mol. The molecular formula is C17H25NO2. The fourth-order valence-electron chi connectivity index (χ4n) is 2.09. The van der Waals surface area contributed by atoms with Crippen LogP contribution in [0.4, 0.5) is 0 Å². The molecule has 0 bridgehead atoms. The van der Waals surface area contributed by atoms with Crippen LogP contribution in [-0.2, 0) is 16.1 Å². The lowest BCUT2D eigenvalue weighted by Gasteiger charge is -2.28. The fraction of sp³-hybridized carbons (Fsp3) is 0.529. The SMILES string of the molecule is CC(=O)[C@@H](C)CC(=O)N(Cc1cccc(C)c1)C(C)C. The van der Waals surface area contributed by atoms with Crippen LogP contribution in [0, 0.1) is 12.8 Å². The molecule has 0 spiro atoms. The van der Waals surface area contributed by atoms with Crippen molar-refractivity contribution < 1.29 is 9.59 Å². The first-order valence-corrected chi connectivity index (χ1v) is 7.16. The summed E-state index contributed by atoms with van der Waals surface area (Å²) in [6.45, 7) is 10.0. The number of hydrogen-bond donors (Lipinski definition) is 0. The Kier molecular flexibility index (Phi) is 5.93. The molecule has 0 aromatic heterocycles. The van der Waals surface area contributed by atoms with Gasteiger partial charge in [-0.15, -0.1) is 0 Å². The molecule has 0 aliphatic carbocycles. The van der Waals surface area contributed by atoms with E-state index in [1.54, 1.807) is 0 Å². The van der Waals surface area contributed by atoms with Gasteiger partial charge in [-0.2, -0.15) is 0 Å². The van der Waals surface area contributed by atoms with Crippen LogP contribution in [0.15, 0.2) is 24.3 Å². The van der Waals surface area contributed by atoms with Gasteiger partial charge in [0.05, 0.1) is 0 Å². The maximum absolute atomic E-state index is 12.4. The lowest BCUT2D eigenvalue weighted by molar-refractivity contribution is -0.136. The standard InChI is InChI=1S/C17H25NO2/c1-12(2)18(17(20)10-14(4)15(5)19)11-16-8-6-7-13(3)9-16/h6-9,12,14H,10-11H2,1-5H3/t14-/m0/s1. The third-order valence-electron chi connectivity index (χ3n) is 3.55. The van der Waals surface area contributed by atoms with Gasteiger partial charge in [-0.25, -0.2) is 0 Å². The van der Waals surface area contributed by atoms with Gasteiger partial charge in [-0.3, -0.25) is 9.59 Å². The highest BCUT2D eigenvalue weighted by atomic mass is 16.2. The number of carbonyl (C=O) groups excluding carboxylic acids is 2. The number of benzene rings is 1. The minimum Gasteiger partial charge on any atom is -0.336 e. The minimum atomic E-state index is -0.207. The largest absolute Gasteiger partial charge is 0.336 e. The Balaban J connectivity index is 2.79. The number of hydrogen-bond acceptors (Lipinski definition) is 2. The molecule has 1 aromatic rings. The average molecular weight is 275 g/mol. The predicted molar refractivity (Wildman–Crippen MR) is 81.3 cm³/mol. The molecule has 0 aliphatic rings. The molecule has 0 saturated heterocycles. The Labute approximate surface area is 122 Å². The first-order chi connectivity index (χ1) is 9.31. The van der Waals surface area contributed by atoms with Crippen LogP contribution in [-0.4, -0.2) is 22.6 Å². The molecule has 3 heteroatoms. The van der Waals surface area contributed by atoms with E-state index in [4.69, 9.17) is 0 Å². The van der Waals surface area contributed by atoms with Crippen molar-refractivity contribution in [3.63, 3.8) is 0 Å². The Morgan fingerprint density at radius 3 is 2.35 bits per heavy atom. The molecule has 0 aliphatic heterocycles. The highest BCUT2D eigenvalue weighted by molar-refractivity contribution is 5.85. The summed E-state index contributed by atoms with van der Waals surface area (Å²) in [4.78, 5) is 25.5. The summed E-state index contributed by atoms with van der Waals surface area (Å²) >= 11 is 0. The van der Waals surface area contributed by atoms with Crippen molar-refractivity contribution >= 4 is 11.7 Å². The molecule has 0 N–H and O–H groups in total. The molecule has 110 valence electrons. The van der Waals surface area contributed by atoms with Gasteiger partial charge in [-0.1, -0.05) is 36.8 Å². The van der Waals surface area contributed by atoms with Crippen molar-refractivity contribution in [1.82, 2.24) is 4.90 Å². The van der Waals surface area contributed by atoms with Gasteiger partial charge >= 0.3 is 0 Å². The smallest absolute Gasteiger partial charge is 0.223 e. The van der Waals surface area contributed by atoms with E-state index in [1.165, 1.54) is 12.5 Å². The first kappa shape index (κ1) is 16.4. The van der Waals surface area contributed by atoms with Crippen molar-refractivity contribution in [2.24, 2.45) is 5.92 Å². The molecule has 0 radical (unpaired) electrons. The normalized spacial score (nSPS) is 12.3. The number of nitrogens with zero attached hydrogens (tertiary/aromatic N) is 1. The Hall–Kier alpha value is -1.64. The molecule has 20 heavy (non-hydrogen) atoms. The van der Waals surface area contributed by atoms with Crippen LogP contribution in [0.3, 0.4) is 0 Å². The second-order valence-electron chi connectivity index (χ2n) is 5.82. The molecule has 1 atom stereocenters. The zero-order valence-corrected chi connectivity index (χ0v) is 13.1. The van der Waals surface area contributed by atoms with Gasteiger partial charge in [0, 0.05) is 24.9 Å². The topological polar surface area (TPSA) is 37.4 Å². The zero-order chi connectivity index (χ0) is 15.3. The average Bonchev–Trinajstić information content (AvgIpc) is 2.35. The van der Waals surface area contributed by atoms with Crippen molar-refractivity contribution in [2.75, 3.05) is 0 Å². The highest BCUT2D eigenvalue weighted by Gasteiger charge is 2.21. The monoisotopic (exact) mass is 275 g/mol. The number of carbonyl (C=O) groups is 2. The summed E-state index contributed by atoms with van der Waals surface area (Å²) in [5, 5.41) is 0. The van der Waals surface area contributed by atoms with Gasteiger partial charge in [0.1, 0.15) is 5.78 Å². The van der Waals surface area contributed by atoms with Crippen molar-refractivity contribution in [1.29, 1.82) is 0 Å². The second-order valence-corrected chi connectivity index (χ2v) is 5.82. The Bertz CT molecular complexity index is 480. The van der Waals surface area contributed by atoms with Crippen LogP contribution < -0.4 is 0 Å². The summed E-state index contributed by atoms with van der Waals surface area (Å²) in [5.74, 6) is -0.0944. The highest BCUT2D eigenvalue weighted by Crippen LogP contribution is 2.14. The van der Waals surface area contributed by atoms with E-state index in [-0.39, 0.29) is 23.7 Å². The lowest BCUT2D eigenvalue weighted by atomic mass is 10.0. The van der Waals surface area contributed by atoms with E-state index >= 15 is 0 Å². The van der Waals surface area contributed by atoms with Crippen LogP contribution in [0.2, 0.25) is 0 Å². The zero-order valence-electron chi connectivity index (χ0n) is 13.1. The molecule has 0 heterocycles. The van der Waals surface area contributed by atoms with Gasteiger partial charge < -0.3 is 4.90 Å². The second kappa shape index (κ2) is 7.22. The van der Waals surface area contributed by atoms with E-state index in [0.717, 1.165) is 5.56 Å². The lowest BCUT2D eigenvalue weighted by Crippen LogP contribution is -2.37. The third-order valence-corrected chi connectivity index (χ3v) is 3.55. The molecule has 3 nitrogen and oxygen atoms in total. The van der Waals surface area contributed by atoms with Crippen LogP contribution in [0.25, 0.3) is 0 Å². The van der Waals surface area contributed by atoms with E-state index in [0.29, 0.717) is 13.0 Å². The fourth-order valence-corrected chi connectivity index (χ4v) is 2.09. The van der Waals surface area contributed by atoms with E-state index < -0.39 is 0 Å². The predicted octanol–water partition coefficient (Wildman–Crippen LogP) is 3.35. The number of rotatable bonds is 6. The van der Waals surface area contributed by atoms with E-state index in [2.05, 4.69) is 6.07 Å². The van der Waals surface area contributed by atoms with Crippen molar-refractivity contribution in [2.45, 2.75) is 53.6 Å².